The molecule has 0 aromatic heterocycles. The van der Waals surface area contributed by atoms with Gasteiger partial charge < -0.3 is 31.1 Å². The van der Waals surface area contributed by atoms with Gasteiger partial charge in [-0.15, -0.1) is 0 Å². The van der Waals surface area contributed by atoms with E-state index in [0.29, 0.717) is 6.42 Å². The zero-order chi connectivity index (χ0) is 22.8. The van der Waals surface area contributed by atoms with Gasteiger partial charge in [0.25, 0.3) is 0 Å². The van der Waals surface area contributed by atoms with Gasteiger partial charge in [0, 0.05) is 0 Å². The molecule has 0 bridgehead atoms. The van der Waals surface area contributed by atoms with Crippen molar-refractivity contribution >= 4 is 29.8 Å². The van der Waals surface area contributed by atoms with Crippen LogP contribution in [-0.4, -0.2) is 65.7 Å². The zero-order valence-electron chi connectivity index (χ0n) is 17.8. The van der Waals surface area contributed by atoms with E-state index in [2.05, 4.69) is 21.3 Å². The summed E-state index contributed by atoms with van der Waals surface area (Å²) in [6.07, 6.45) is -0.410. The number of aliphatic carboxylic acids is 1. The largest absolute Gasteiger partial charge is 0.480 e. The number of rotatable bonds is 10. The van der Waals surface area contributed by atoms with Gasteiger partial charge in [0.15, 0.2) is 0 Å². The van der Waals surface area contributed by atoms with Crippen molar-refractivity contribution in [3.63, 3.8) is 0 Å². The lowest BCUT2D eigenvalue weighted by Crippen LogP contribution is -2.52. The average molecular weight is 416 g/mol. The van der Waals surface area contributed by atoms with Crippen LogP contribution >= 0.6 is 0 Å². The van der Waals surface area contributed by atoms with Crippen LogP contribution in [0.4, 0.5) is 4.79 Å². The molecule has 0 heterocycles. The van der Waals surface area contributed by atoms with Crippen LogP contribution in [-0.2, 0) is 23.9 Å². The Morgan fingerprint density at radius 3 is 1.93 bits per heavy atom. The van der Waals surface area contributed by atoms with Crippen LogP contribution in [0.5, 0.6) is 0 Å². The molecule has 0 fully saturated rings. The van der Waals surface area contributed by atoms with Gasteiger partial charge >= 0.3 is 12.1 Å². The summed E-state index contributed by atoms with van der Waals surface area (Å²) < 4.78 is 5.15. The maximum atomic E-state index is 12.4. The molecule has 0 aliphatic heterocycles. The molecule has 0 rings (SSSR count). The first-order chi connectivity index (χ1) is 13.2. The van der Waals surface area contributed by atoms with E-state index in [-0.39, 0.29) is 5.92 Å². The van der Waals surface area contributed by atoms with Crippen molar-refractivity contribution in [2.75, 3.05) is 13.1 Å². The van der Waals surface area contributed by atoms with Crippen LogP contribution in [0.3, 0.4) is 0 Å². The fourth-order valence-corrected chi connectivity index (χ4v) is 2.12. The highest BCUT2D eigenvalue weighted by Gasteiger charge is 2.25. The first kappa shape index (κ1) is 26.1. The van der Waals surface area contributed by atoms with Gasteiger partial charge in [-0.25, -0.2) is 4.79 Å². The second-order valence-corrected chi connectivity index (χ2v) is 7.95. The van der Waals surface area contributed by atoms with Gasteiger partial charge in [0.05, 0.1) is 6.54 Å². The molecular weight excluding hydrogens is 384 g/mol. The van der Waals surface area contributed by atoms with E-state index >= 15 is 0 Å². The van der Waals surface area contributed by atoms with Gasteiger partial charge in [0.2, 0.25) is 17.7 Å². The Kier molecular flexibility index (Phi) is 10.7. The van der Waals surface area contributed by atoms with Crippen LogP contribution in [0, 0.1) is 5.92 Å². The van der Waals surface area contributed by atoms with Crippen LogP contribution in [0.2, 0.25) is 0 Å². The predicted molar refractivity (Wildman–Crippen MR) is 104 cm³/mol. The quantitative estimate of drug-likeness (QED) is 0.328. The highest BCUT2D eigenvalue weighted by Crippen LogP contribution is 2.09. The molecule has 0 aliphatic carbocycles. The van der Waals surface area contributed by atoms with E-state index in [0.717, 1.165) is 0 Å². The number of hydrogen-bond acceptors (Lipinski definition) is 6. The van der Waals surface area contributed by atoms with E-state index < -0.39 is 60.6 Å². The maximum absolute atomic E-state index is 12.4. The summed E-state index contributed by atoms with van der Waals surface area (Å²) in [5, 5.41) is 17.9. The van der Waals surface area contributed by atoms with E-state index in [1.807, 2.05) is 13.8 Å². The number of carboxylic acid groups (broad SMARTS) is 1. The minimum absolute atomic E-state index is 0.0902. The van der Waals surface area contributed by atoms with Crippen molar-refractivity contribution < 1.29 is 33.8 Å². The Labute approximate surface area is 170 Å². The smallest absolute Gasteiger partial charge is 0.408 e. The summed E-state index contributed by atoms with van der Waals surface area (Å²) >= 11 is 0. The van der Waals surface area contributed by atoms with Gasteiger partial charge in [0.1, 0.15) is 24.2 Å². The van der Waals surface area contributed by atoms with Crippen LogP contribution in [0.1, 0.15) is 48.0 Å². The van der Waals surface area contributed by atoms with Crippen molar-refractivity contribution in [3.8, 4) is 0 Å². The first-order valence-electron chi connectivity index (χ1n) is 9.27. The lowest BCUT2D eigenvalue weighted by atomic mass is 10.0. The highest BCUT2D eigenvalue weighted by molar-refractivity contribution is 5.92. The van der Waals surface area contributed by atoms with Gasteiger partial charge in [-0.05, 0) is 40.0 Å². The SMILES string of the molecule is CC(C)C[C@H](NC(=O)OC(C)(C)C)C(=O)NCC(=O)N[C@@H](C)C(=O)NCC(=O)O. The molecule has 2 atom stereocenters. The Morgan fingerprint density at radius 2 is 1.45 bits per heavy atom. The lowest BCUT2D eigenvalue weighted by Gasteiger charge is -2.24. The van der Waals surface area contributed by atoms with E-state index in [9.17, 15) is 24.0 Å². The van der Waals surface area contributed by atoms with Crippen molar-refractivity contribution in [2.45, 2.75) is 65.6 Å². The molecule has 0 saturated heterocycles. The topological polar surface area (TPSA) is 163 Å². The number of alkyl carbamates (subject to hydrolysis) is 1. The Bertz CT molecular complexity index is 614. The molecule has 0 radical (unpaired) electrons. The summed E-state index contributed by atoms with van der Waals surface area (Å²) in [4.78, 5) is 58.3. The van der Waals surface area contributed by atoms with Crippen LogP contribution in [0.15, 0.2) is 0 Å². The summed E-state index contributed by atoms with van der Waals surface area (Å²) in [6, 6.07) is -1.88. The zero-order valence-corrected chi connectivity index (χ0v) is 17.8. The summed E-state index contributed by atoms with van der Waals surface area (Å²) in [5.41, 5.74) is -0.722. The normalized spacial score (nSPS) is 13.1. The predicted octanol–water partition coefficient (Wildman–Crippen LogP) is -0.252. The standard InChI is InChI=1S/C18H32N4O7/c1-10(2)7-12(22-17(28)29-18(4,5)6)16(27)19-8-13(23)21-11(3)15(26)20-9-14(24)25/h10-12H,7-9H2,1-6H3,(H,19,27)(H,20,26)(H,21,23)(H,22,28)(H,24,25)/t11-,12-/m0/s1. The second kappa shape index (κ2) is 11.9. The minimum atomic E-state index is -1.21. The maximum Gasteiger partial charge on any atom is 0.408 e. The molecule has 0 aliphatic rings. The van der Waals surface area contributed by atoms with E-state index in [1.54, 1.807) is 20.8 Å². The summed E-state index contributed by atoms with van der Waals surface area (Å²) in [7, 11) is 0. The fraction of sp³-hybridized carbons (Fsp3) is 0.722. The highest BCUT2D eigenvalue weighted by atomic mass is 16.6. The van der Waals surface area contributed by atoms with Crippen molar-refractivity contribution in [1.29, 1.82) is 0 Å². The van der Waals surface area contributed by atoms with Gasteiger partial charge in [-0.3, -0.25) is 19.2 Å². The lowest BCUT2D eigenvalue weighted by molar-refractivity contribution is -0.138. The molecule has 0 aromatic carbocycles. The first-order valence-corrected chi connectivity index (χ1v) is 9.27. The van der Waals surface area contributed by atoms with Crippen molar-refractivity contribution in [1.82, 2.24) is 21.3 Å². The molecule has 0 saturated carbocycles. The number of carbonyl (C=O) groups excluding carboxylic acids is 4. The Hall–Kier alpha value is -2.85. The number of hydrogen-bond donors (Lipinski definition) is 5. The third kappa shape index (κ3) is 13.0. The molecular formula is C18H32N4O7. The number of carbonyl (C=O) groups is 5. The third-order valence-electron chi connectivity index (χ3n) is 3.32. The molecule has 0 spiro atoms. The van der Waals surface area contributed by atoms with Gasteiger partial charge in [-0.1, -0.05) is 13.8 Å². The molecule has 29 heavy (non-hydrogen) atoms. The van der Waals surface area contributed by atoms with Crippen molar-refractivity contribution in [2.24, 2.45) is 5.92 Å². The molecule has 11 nitrogen and oxygen atoms in total. The number of amides is 4. The fourth-order valence-electron chi connectivity index (χ4n) is 2.12. The average Bonchev–Trinajstić information content (AvgIpc) is 2.54. The summed E-state index contributed by atoms with van der Waals surface area (Å²) in [6.45, 7) is 9.24. The molecule has 11 heteroatoms. The molecule has 166 valence electrons. The van der Waals surface area contributed by atoms with E-state index in [4.69, 9.17) is 9.84 Å². The molecule has 0 unspecified atom stereocenters. The van der Waals surface area contributed by atoms with Gasteiger partial charge in [-0.2, -0.15) is 0 Å². The Balaban J connectivity index is 4.65. The summed E-state index contributed by atoms with van der Waals surface area (Å²) in [5.74, 6) is -3.00. The van der Waals surface area contributed by atoms with Crippen LogP contribution < -0.4 is 21.3 Å². The molecule has 4 amide bonds. The van der Waals surface area contributed by atoms with Crippen molar-refractivity contribution in [3.05, 3.63) is 0 Å². The Morgan fingerprint density at radius 1 is 0.897 bits per heavy atom. The number of carboxylic acids is 1. The third-order valence-corrected chi connectivity index (χ3v) is 3.32. The molecule has 5 N–H and O–H groups in total. The van der Waals surface area contributed by atoms with E-state index in [1.165, 1.54) is 6.92 Å². The molecule has 0 aromatic rings. The van der Waals surface area contributed by atoms with Crippen LogP contribution in [0.25, 0.3) is 0 Å². The second-order valence-electron chi connectivity index (χ2n) is 7.95. The monoisotopic (exact) mass is 416 g/mol. The minimum Gasteiger partial charge on any atom is -0.480 e. The number of ether oxygens (including phenoxy) is 1. The number of nitrogens with one attached hydrogen (secondary N) is 4.